The van der Waals surface area contributed by atoms with Crippen molar-refractivity contribution in [3.63, 3.8) is 0 Å². The van der Waals surface area contributed by atoms with Gasteiger partial charge in [-0.3, -0.25) is 9.59 Å². The molecule has 0 unspecified atom stereocenters. The molecule has 1 amide bonds. The maximum absolute atomic E-state index is 11.3. The van der Waals surface area contributed by atoms with Crippen LogP contribution >= 0.6 is 0 Å². The summed E-state index contributed by atoms with van der Waals surface area (Å²) in [6.07, 6.45) is 0.476. The zero-order valence-electron chi connectivity index (χ0n) is 9.12. The van der Waals surface area contributed by atoms with Crippen LogP contribution in [0.25, 0.3) is 0 Å². The number of carbonyl (C=O) groups is 2. The molecule has 14 heavy (non-hydrogen) atoms. The molecule has 0 aromatic heterocycles. The van der Waals surface area contributed by atoms with Crippen molar-refractivity contribution in [1.82, 2.24) is 9.80 Å². The average Bonchev–Trinajstić information content (AvgIpc) is 2.01. The molecular weight excluding hydrogens is 179 g/mol. The van der Waals surface area contributed by atoms with Gasteiger partial charge in [-0.2, -0.15) is 0 Å². The largest absolute Gasteiger partial charge is 0.346 e. The van der Waals surface area contributed by atoms with E-state index < -0.39 is 0 Å². The summed E-state index contributed by atoms with van der Waals surface area (Å²) < 4.78 is 0. The lowest BCUT2D eigenvalue weighted by molar-refractivity contribution is -0.118. The van der Waals surface area contributed by atoms with E-state index in [9.17, 15) is 9.59 Å². The molecule has 0 aromatic carbocycles. The molecule has 4 nitrogen and oxygen atoms in total. The van der Waals surface area contributed by atoms with Crippen LogP contribution in [0.2, 0.25) is 0 Å². The van der Waals surface area contributed by atoms with E-state index in [1.54, 1.807) is 19.7 Å². The molecule has 1 aliphatic heterocycles. The summed E-state index contributed by atoms with van der Waals surface area (Å²) in [6.45, 7) is 4.02. The minimum absolute atomic E-state index is 0.0729. The highest BCUT2D eigenvalue weighted by molar-refractivity contribution is 6.57. The van der Waals surface area contributed by atoms with Crippen LogP contribution < -0.4 is 0 Å². The Hall–Kier alpha value is -0.835. The Morgan fingerprint density at radius 1 is 1.43 bits per heavy atom. The molecule has 1 saturated heterocycles. The summed E-state index contributed by atoms with van der Waals surface area (Å²) in [5.41, 5.74) is 0. The summed E-state index contributed by atoms with van der Waals surface area (Å²) in [5.74, 6) is 0.223. The minimum Gasteiger partial charge on any atom is -0.346 e. The number of hydrogen-bond acceptors (Lipinski definition) is 3. The fourth-order valence-electron chi connectivity index (χ4n) is 1.93. The van der Waals surface area contributed by atoms with E-state index in [0.29, 0.717) is 6.42 Å². The third kappa shape index (κ3) is 2.84. The number of piperazine rings is 1. The predicted molar refractivity (Wildman–Crippen MR) is 57.2 cm³/mol. The van der Waals surface area contributed by atoms with Crippen molar-refractivity contribution in [3.05, 3.63) is 0 Å². The molecule has 1 atom stereocenters. The fourth-order valence-corrected chi connectivity index (χ4v) is 1.93. The lowest BCUT2D eigenvalue weighted by Gasteiger charge is -2.39. The van der Waals surface area contributed by atoms with E-state index in [2.05, 4.69) is 4.90 Å². The molecule has 0 aliphatic carbocycles. The van der Waals surface area contributed by atoms with Crippen molar-refractivity contribution >= 4 is 19.4 Å². The summed E-state index contributed by atoms with van der Waals surface area (Å²) >= 11 is 0. The lowest BCUT2D eigenvalue weighted by atomic mass is 10.0. The van der Waals surface area contributed by atoms with Gasteiger partial charge < -0.3 is 9.80 Å². The predicted octanol–water partition coefficient (Wildman–Crippen LogP) is -0.665. The number of rotatable bonds is 2. The Labute approximate surface area is 85.6 Å². The molecule has 0 bridgehead atoms. The zero-order valence-corrected chi connectivity index (χ0v) is 9.12. The maximum Gasteiger partial charge on any atom is 0.215 e. The van der Waals surface area contributed by atoms with Crippen LogP contribution in [0.15, 0.2) is 0 Å². The fraction of sp³-hybridized carbons (Fsp3) is 0.778. The number of Topliss-reactive ketones (excluding diaryl/α,β-unsaturated/α-hetero) is 1. The molecule has 1 aliphatic rings. The molecule has 0 aromatic rings. The number of hydrogen-bond donors (Lipinski definition) is 0. The van der Waals surface area contributed by atoms with E-state index in [0.717, 1.165) is 19.6 Å². The highest BCUT2D eigenvalue weighted by Gasteiger charge is 2.27. The first-order valence-electron chi connectivity index (χ1n) is 4.96. The quantitative estimate of drug-likeness (QED) is 0.550. The standard InChI is InChI=1S/C9H17BN2O2/c1-7(13)5-8-6-11(2)3-4-12(8)9(10)14/h8H,3-6,10H2,1-2H3/t8-/m0/s1. The number of likely N-dealkylation sites (N-methyl/N-ethyl adjacent to an activating group) is 1. The first-order valence-corrected chi connectivity index (χ1v) is 4.96. The van der Waals surface area contributed by atoms with Crippen LogP contribution in [0, 0.1) is 0 Å². The second kappa shape index (κ2) is 4.60. The van der Waals surface area contributed by atoms with Gasteiger partial charge in [-0.15, -0.1) is 0 Å². The molecule has 0 spiro atoms. The van der Waals surface area contributed by atoms with Gasteiger partial charge in [-0.1, -0.05) is 0 Å². The molecule has 1 fully saturated rings. The van der Waals surface area contributed by atoms with Crippen molar-refractivity contribution in [1.29, 1.82) is 0 Å². The average molecular weight is 196 g/mol. The smallest absolute Gasteiger partial charge is 0.215 e. The number of amides is 1. The summed E-state index contributed by atoms with van der Waals surface area (Å²) in [7, 11) is 3.59. The Morgan fingerprint density at radius 3 is 2.57 bits per heavy atom. The zero-order chi connectivity index (χ0) is 10.7. The van der Waals surface area contributed by atoms with Crippen molar-refractivity contribution in [2.24, 2.45) is 0 Å². The SMILES string of the molecule is BC(=O)N1CCN(C)C[C@@H]1CC(C)=O. The van der Waals surface area contributed by atoms with E-state index in [4.69, 9.17) is 0 Å². The Kier molecular flexibility index (Phi) is 3.69. The van der Waals surface area contributed by atoms with Gasteiger partial charge in [0.25, 0.3) is 0 Å². The second-order valence-corrected chi connectivity index (χ2v) is 4.03. The van der Waals surface area contributed by atoms with Gasteiger partial charge in [0.05, 0.1) is 6.04 Å². The van der Waals surface area contributed by atoms with Crippen LogP contribution in [0.1, 0.15) is 13.3 Å². The van der Waals surface area contributed by atoms with Gasteiger partial charge in [0.2, 0.25) is 7.85 Å². The summed E-state index contributed by atoms with van der Waals surface area (Å²) in [5, 5.41) is 0. The summed E-state index contributed by atoms with van der Waals surface area (Å²) in [4.78, 5) is 26.3. The lowest BCUT2D eigenvalue weighted by Crippen LogP contribution is -2.54. The van der Waals surface area contributed by atoms with Gasteiger partial charge in [0.1, 0.15) is 5.78 Å². The highest BCUT2D eigenvalue weighted by Crippen LogP contribution is 2.12. The Morgan fingerprint density at radius 2 is 2.07 bits per heavy atom. The monoisotopic (exact) mass is 196 g/mol. The molecular formula is C9H17BN2O2. The highest BCUT2D eigenvalue weighted by atomic mass is 16.2. The van der Waals surface area contributed by atoms with Gasteiger partial charge in [0, 0.05) is 26.1 Å². The van der Waals surface area contributed by atoms with Crippen LogP contribution in [0.3, 0.4) is 0 Å². The Balaban J connectivity index is 2.63. The molecule has 5 heteroatoms. The number of carbonyl (C=O) groups excluding carboxylic acids is 2. The van der Waals surface area contributed by atoms with Crippen LogP contribution in [0.5, 0.6) is 0 Å². The molecule has 1 heterocycles. The maximum atomic E-state index is 11.3. The Bertz CT molecular complexity index is 245. The second-order valence-electron chi connectivity index (χ2n) is 4.03. The van der Waals surface area contributed by atoms with E-state index in [-0.39, 0.29) is 17.6 Å². The van der Waals surface area contributed by atoms with Gasteiger partial charge in [0.15, 0.2) is 5.81 Å². The van der Waals surface area contributed by atoms with E-state index in [1.807, 2.05) is 7.05 Å². The van der Waals surface area contributed by atoms with Crippen LogP contribution in [0.4, 0.5) is 4.79 Å². The van der Waals surface area contributed by atoms with E-state index >= 15 is 0 Å². The van der Waals surface area contributed by atoms with Crippen molar-refractivity contribution in [3.8, 4) is 0 Å². The van der Waals surface area contributed by atoms with Crippen LogP contribution in [-0.2, 0) is 4.79 Å². The van der Waals surface area contributed by atoms with Crippen molar-refractivity contribution < 1.29 is 9.59 Å². The van der Waals surface area contributed by atoms with Crippen molar-refractivity contribution in [2.45, 2.75) is 19.4 Å². The normalized spacial score (nSPS) is 23.6. The van der Waals surface area contributed by atoms with Gasteiger partial charge in [-0.25, -0.2) is 0 Å². The minimum atomic E-state index is 0.0729. The molecule has 0 saturated carbocycles. The third-order valence-corrected chi connectivity index (χ3v) is 2.61. The first kappa shape index (κ1) is 11.2. The third-order valence-electron chi connectivity index (χ3n) is 2.61. The van der Waals surface area contributed by atoms with Gasteiger partial charge in [-0.05, 0) is 14.0 Å². The van der Waals surface area contributed by atoms with Crippen LogP contribution in [-0.4, -0.2) is 62.0 Å². The topological polar surface area (TPSA) is 40.6 Å². The van der Waals surface area contributed by atoms with Crippen molar-refractivity contribution in [2.75, 3.05) is 26.7 Å². The number of nitrogens with zero attached hydrogens (tertiary/aromatic N) is 2. The molecule has 0 N–H and O–H groups in total. The molecule has 0 radical (unpaired) electrons. The number of ketones is 1. The summed E-state index contributed by atoms with van der Waals surface area (Å²) in [6, 6.07) is 0.0729. The first-order chi connectivity index (χ1) is 6.50. The molecule has 1 rings (SSSR count). The van der Waals surface area contributed by atoms with Gasteiger partial charge >= 0.3 is 0 Å². The van der Waals surface area contributed by atoms with E-state index in [1.165, 1.54) is 0 Å². The molecule has 78 valence electrons.